The molecular formula is C13H21N3O3S. The Morgan fingerprint density at radius 3 is 2.30 bits per heavy atom. The van der Waals surface area contributed by atoms with Crippen LogP contribution in [0.4, 0.5) is 5.69 Å². The van der Waals surface area contributed by atoms with Gasteiger partial charge in [0.05, 0.1) is 12.7 Å². The smallest absolute Gasteiger partial charge is 0.224 e. The van der Waals surface area contributed by atoms with Crippen molar-refractivity contribution >= 4 is 21.6 Å². The zero-order chi connectivity index (χ0) is 15.4. The van der Waals surface area contributed by atoms with Gasteiger partial charge in [0.15, 0.2) is 0 Å². The summed E-state index contributed by atoms with van der Waals surface area (Å²) in [5.74, 6) is -0.168. The van der Waals surface area contributed by atoms with Crippen molar-refractivity contribution in [3.63, 3.8) is 0 Å². The van der Waals surface area contributed by atoms with Gasteiger partial charge in [-0.15, -0.1) is 0 Å². The molecule has 0 aliphatic rings. The molecule has 0 atom stereocenters. The molecule has 0 aromatic heterocycles. The van der Waals surface area contributed by atoms with Gasteiger partial charge in [-0.05, 0) is 31.5 Å². The first kappa shape index (κ1) is 16.5. The quantitative estimate of drug-likeness (QED) is 0.656. The highest BCUT2D eigenvalue weighted by atomic mass is 32.2. The fourth-order valence-corrected chi connectivity index (χ4v) is 2.82. The summed E-state index contributed by atoms with van der Waals surface area (Å²) in [6, 6.07) is 7.04. The second kappa shape index (κ2) is 6.23. The van der Waals surface area contributed by atoms with E-state index in [4.69, 9.17) is 5.73 Å². The molecule has 0 heterocycles. The SMILES string of the molecule is CC(C)(CNC(=O)Cc1ccc(N)cc1)NS(C)(=O)=O. The third kappa shape index (κ3) is 6.53. The second-order valence-corrected chi connectivity index (χ2v) is 7.20. The standard InChI is InChI=1S/C13H21N3O3S/c1-13(2,16-20(3,18)19)9-15-12(17)8-10-4-6-11(14)7-5-10/h4-7,16H,8-9,14H2,1-3H3,(H,15,17). The van der Waals surface area contributed by atoms with E-state index >= 15 is 0 Å². The molecule has 0 fully saturated rings. The lowest BCUT2D eigenvalue weighted by Gasteiger charge is -2.25. The van der Waals surface area contributed by atoms with Crippen molar-refractivity contribution in [2.45, 2.75) is 25.8 Å². The van der Waals surface area contributed by atoms with Gasteiger partial charge >= 0.3 is 0 Å². The highest BCUT2D eigenvalue weighted by Gasteiger charge is 2.22. The van der Waals surface area contributed by atoms with Crippen molar-refractivity contribution in [1.82, 2.24) is 10.0 Å². The zero-order valence-electron chi connectivity index (χ0n) is 11.9. The summed E-state index contributed by atoms with van der Waals surface area (Å²) < 4.78 is 24.8. The molecule has 0 radical (unpaired) electrons. The summed E-state index contributed by atoms with van der Waals surface area (Å²) in [6.45, 7) is 3.63. The van der Waals surface area contributed by atoms with E-state index < -0.39 is 15.6 Å². The number of rotatable bonds is 6. The Hall–Kier alpha value is -1.60. The van der Waals surface area contributed by atoms with Crippen molar-refractivity contribution in [2.24, 2.45) is 0 Å². The Kier molecular flexibility index (Phi) is 5.13. The highest BCUT2D eigenvalue weighted by Crippen LogP contribution is 2.06. The second-order valence-electron chi connectivity index (χ2n) is 5.45. The summed E-state index contributed by atoms with van der Waals surface area (Å²) in [5, 5.41) is 2.71. The molecule has 0 saturated heterocycles. The number of anilines is 1. The van der Waals surface area contributed by atoms with Crippen molar-refractivity contribution < 1.29 is 13.2 Å². The summed E-state index contributed by atoms with van der Waals surface area (Å²) in [7, 11) is -3.31. The van der Waals surface area contributed by atoms with E-state index in [9.17, 15) is 13.2 Å². The topological polar surface area (TPSA) is 101 Å². The number of amides is 1. The first-order valence-electron chi connectivity index (χ1n) is 6.17. The Bertz CT molecular complexity index is 565. The molecule has 0 spiro atoms. The fourth-order valence-electron chi connectivity index (χ4n) is 1.74. The van der Waals surface area contributed by atoms with Gasteiger partial charge in [-0.25, -0.2) is 13.1 Å². The number of benzene rings is 1. The Labute approximate surface area is 119 Å². The summed E-state index contributed by atoms with van der Waals surface area (Å²) in [4.78, 5) is 11.8. The largest absolute Gasteiger partial charge is 0.399 e. The van der Waals surface area contributed by atoms with E-state index in [2.05, 4.69) is 10.0 Å². The van der Waals surface area contributed by atoms with Crippen LogP contribution in [0, 0.1) is 0 Å². The van der Waals surface area contributed by atoms with Crippen molar-refractivity contribution in [2.75, 3.05) is 18.5 Å². The lowest BCUT2D eigenvalue weighted by atomic mass is 10.1. The van der Waals surface area contributed by atoms with E-state index in [1.807, 2.05) is 0 Å². The van der Waals surface area contributed by atoms with Gasteiger partial charge in [0.2, 0.25) is 15.9 Å². The number of sulfonamides is 1. The van der Waals surface area contributed by atoms with Crippen molar-refractivity contribution in [1.29, 1.82) is 0 Å². The molecule has 1 aromatic carbocycles. The molecule has 112 valence electrons. The molecule has 1 aromatic rings. The zero-order valence-corrected chi connectivity index (χ0v) is 12.8. The molecule has 4 N–H and O–H groups in total. The maximum Gasteiger partial charge on any atom is 0.224 e. The fraction of sp³-hybridized carbons (Fsp3) is 0.462. The number of carbonyl (C=O) groups excluding carboxylic acids is 1. The Morgan fingerprint density at radius 2 is 1.80 bits per heavy atom. The van der Waals surface area contributed by atoms with E-state index in [1.165, 1.54) is 0 Å². The molecule has 0 bridgehead atoms. The van der Waals surface area contributed by atoms with Crippen LogP contribution in [-0.2, 0) is 21.2 Å². The van der Waals surface area contributed by atoms with Gasteiger partial charge < -0.3 is 11.1 Å². The predicted octanol–water partition coefficient (Wildman–Crippen LogP) is 0.255. The maximum atomic E-state index is 11.8. The number of hydrogen-bond donors (Lipinski definition) is 3. The number of nitrogen functional groups attached to an aromatic ring is 1. The van der Waals surface area contributed by atoms with Crippen LogP contribution < -0.4 is 15.8 Å². The molecule has 0 aliphatic carbocycles. The lowest BCUT2D eigenvalue weighted by Crippen LogP contribution is -2.51. The van der Waals surface area contributed by atoms with Crippen molar-refractivity contribution in [3.05, 3.63) is 29.8 Å². The monoisotopic (exact) mass is 299 g/mol. The van der Waals surface area contributed by atoms with Gasteiger partial charge in [0.25, 0.3) is 0 Å². The average molecular weight is 299 g/mol. The van der Waals surface area contributed by atoms with Crippen LogP contribution in [0.15, 0.2) is 24.3 Å². The number of hydrogen-bond acceptors (Lipinski definition) is 4. The van der Waals surface area contributed by atoms with Crippen LogP contribution in [0.5, 0.6) is 0 Å². The highest BCUT2D eigenvalue weighted by molar-refractivity contribution is 7.88. The third-order valence-corrected chi connectivity index (χ3v) is 3.46. The first-order valence-corrected chi connectivity index (χ1v) is 8.07. The van der Waals surface area contributed by atoms with Gasteiger partial charge in [-0.3, -0.25) is 4.79 Å². The van der Waals surface area contributed by atoms with E-state index in [-0.39, 0.29) is 18.9 Å². The van der Waals surface area contributed by atoms with Crippen LogP contribution in [0.25, 0.3) is 0 Å². The minimum Gasteiger partial charge on any atom is -0.399 e. The van der Waals surface area contributed by atoms with Gasteiger partial charge in [-0.2, -0.15) is 0 Å². The van der Waals surface area contributed by atoms with Crippen molar-refractivity contribution in [3.8, 4) is 0 Å². The molecule has 1 rings (SSSR count). The Morgan fingerprint density at radius 1 is 1.25 bits per heavy atom. The minimum atomic E-state index is -3.31. The molecule has 7 heteroatoms. The van der Waals surface area contributed by atoms with Gasteiger partial charge in [-0.1, -0.05) is 12.1 Å². The summed E-state index contributed by atoms with van der Waals surface area (Å²) >= 11 is 0. The van der Waals surface area contributed by atoms with Crippen LogP contribution in [0.1, 0.15) is 19.4 Å². The number of carbonyl (C=O) groups is 1. The normalized spacial score (nSPS) is 12.2. The van der Waals surface area contributed by atoms with Crippen LogP contribution in [0.3, 0.4) is 0 Å². The first-order chi connectivity index (χ1) is 9.07. The average Bonchev–Trinajstić information content (AvgIpc) is 2.27. The molecular weight excluding hydrogens is 278 g/mol. The lowest BCUT2D eigenvalue weighted by molar-refractivity contribution is -0.120. The van der Waals surface area contributed by atoms with E-state index in [1.54, 1.807) is 38.1 Å². The van der Waals surface area contributed by atoms with Crippen LogP contribution >= 0.6 is 0 Å². The third-order valence-electron chi connectivity index (χ3n) is 2.53. The van der Waals surface area contributed by atoms with E-state index in [0.29, 0.717) is 5.69 Å². The molecule has 6 nitrogen and oxygen atoms in total. The van der Waals surface area contributed by atoms with E-state index in [0.717, 1.165) is 11.8 Å². The molecule has 0 saturated carbocycles. The molecule has 0 aliphatic heterocycles. The van der Waals surface area contributed by atoms with Crippen LogP contribution in [0.2, 0.25) is 0 Å². The predicted molar refractivity (Wildman–Crippen MR) is 79.6 cm³/mol. The molecule has 1 amide bonds. The summed E-state index contributed by atoms with van der Waals surface area (Å²) in [5.41, 5.74) is 6.33. The molecule has 20 heavy (non-hydrogen) atoms. The van der Waals surface area contributed by atoms with Crippen LogP contribution in [-0.4, -0.2) is 32.7 Å². The Balaban J connectivity index is 2.49. The molecule has 0 unspecified atom stereocenters. The minimum absolute atomic E-state index is 0.168. The van der Waals surface area contributed by atoms with Gasteiger partial charge in [0.1, 0.15) is 0 Å². The van der Waals surface area contributed by atoms with Gasteiger partial charge in [0, 0.05) is 17.8 Å². The number of nitrogens with one attached hydrogen (secondary N) is 2. The number of nitrogens with two attached hydrogens (primary N) is 1. The summed E-state index contributed by atoms with van der Waals surface area (Å²) in [6.07, 6.45) is 1.32. The maximum absolute atomic E-state index is 11.8.